The molecule has 72 valence electrons. The van der Waals surface area contributed by atoms with Crippen LogP contribution in [0.2, 0.25) is 0 Å². The molecule has 4 nitrogen and oxygen atoms in total. The van der Waals surface area contributed by atoms with Gasteiger partial charge in [-0.25, -0.2) is 0 Å². The predicted molar refractivity (Wildman–Crippen MR) is 46.9 cm³/mol. The first kappa shape index (κ1) is 9.92. The van der Waals surface area contributed by atoms with E-state index >= 15 is 0 Å². The lowest BCUT2D eigenvalue weighted by molar-refractivity contribution is -0.00557. The maximum absolute atomic E-state index is 8.99. The molecule has 4 heteroatoms. The second kappa shape index (κ2) is 4.77. The summed E-state index contributed by atoms with van der Waals surface area (Å²) in [6, 6.07) is 0.382. The van der Waals surface area contributed by atoms with E-state index in [4.69, 9.17) is 9.84 Å². The lowest BCUT2D eigenvalue weighted by atomic mass is 10.2. The van der Waals surface area contributed by atoms with Gasteiger partial charge in [-0.05, 0) is 6.92 Å². The van der Waals surface area contributed by atoms with Gasteiger partial charge in [0.1, 0.15) is 0 Å². The van der Waals surface area contributed by atoms with Gasteiger partial charge in [-0.2, -0.15) is 0 Å². The minimum absolute atomic E-state index is 0.107. The number of likely N-dealkylation sites (tertiary alicyclic amines) is 1. The highest BCUT2D eigenvalue weighted by Gasteiger charge is 2.23. The highest BCUT2D eigenvalue weighted by atomic mass is 16.5. The zero-order chi connectivity index (χ0) is 8.97. The Morgan fingerprint density at radius 2 is 2.33 bits per heavy atom. The molecule has 0 aromatic heterocycles. The minimum atomic E-state index is -0.107. The third kappa shape index (κ3) is 3.06. The van der Waals surface area contributed by atoms with Crippen LogP contribution in [-0.2, 0) is 4.74 Å². The van der Waals surface area contributed by atoms with Crippen molar-refractivity contribution >= 4 is 0 Å². The number of aliphatic hydroxyl groups excluding tert-OH is 1. The predicted octanol–water partition coefficient (Wildman–Crippen LogP) is -0.755. The molecule has 0 aliphatic carbocycles. The van der Waals surface area contributed by atoms with Crippen molar-refractivity contribution in [3.05, 3.63) is 0 Å². The van der Waals surface area contributed by atoms with Gasteiger partial charge < -0.3 is 9.84 Å². The van der Waals surface area contributed by atoms with Crippen LogP contribution >= 0.6 is 0 Å². The van der Waals surface area contributed by atoms with E-state index in [-0.39, 0.29) is 6.10 Å². The van der Waals surface area contributed by atoms with E-state index in [1.807, 2.05) is 0 Å². The first-order chi connectivity index (χ1) is 5.72. The molecule has 1 unspecified atom stereocenters. The molecule has 0 amide bonds. The molecule has 1 aliphatic heterocycles. The summed E-state index contributed by atoms with van der Waals surface area (Å²) in [5.74, 6) is 0. The second-order valence-corrected chi connectivity index (χ2v) is 3.41. The number of hydrogen-bond donors (Lipinski definition) is 2. The molecule has 1 rings (SSSR count). The fourth-order valence-electron chi connectivity index (χ4n) is 1.27. The van der Waals surface area contributed by atoms with Gasteiger partial charge in [-0.3, -0.25) is 10.2 Å². The molecule has 1 saturated heterocycles. The van der Waals surface area contributed by atoms with Crippen LogP contribution in [0.3, 0.4) is 0 Å². The van der Waals surface area contributed by atoms with Crippen molar-refractivity contribution in [1.29, 1.82) is 0 Å². The van der Waals surface area contributed by atoms with E-state index in [0.29, 0.717) is 6.04 Å². The lowest BCUT2D eigenvalue weighted by Crippen LogP contribution is -2.55. The van der Waals surface area contributed by atoms with Crippen molar-refractivity contribution in [1.82, 2.24) is 10.2 Å². The molecule has 1 heterocycles. The van der Waals surface area contributed by atoms with E-state index in [1.54, 1.807) is 7.11 Å². The van der Waals surface area contributed by atoms with Gasteiger partial charge in [-0.15, -0.1) is 0 Å². The quantitative estimate of drug-likeness (QED) is 0.575. The Kier molecular flexibility index (Phi) is 3.94. The van der Waals surface area contributed by atoms with Crippen LogP contribution in [0.15, 0.2) is 0 Å². The first-order valence-electron chi connectivity index (χ1n) is 4.35. The first-order valence-corrected chi connectivity index (χ1v) is 4.35. The number of aliphatic hydroxyl groups is 1. The number of hydrogen-bond acceptors (Lipinski definition) is 4. The van der Waals surface area contributed by atoms with E-state index < -0.39 is 0 Å². The number of β-amino-alcohol motifs (C(OH)–C–C–N with tert-alkyl or cyclic N) is 1. The van der Waals surface area contributed by atoms with E-state index in [9.17, 15) is 0 Å². The Morgan fingerprint density at radius 1 is 1.67 bits per heavy atom. The van der Waals surface area contributed by atoms with Gasteiger partial charge in [0.05, 0.1) is 12.7 Å². The molecule has 0 radical (unpaired) electrons. The summed E-state index contributed by atoms with van der Waals surface area (Å²) in [6.07, 6.45) is -0.107. The summed E-state index contributed by atoms with van der Waals surface area (Å²) in [4.78, 5) is 2.16. The van der Waals surface area contributed by atoms with Crippen molar-refractivity contribution in [2.45, 2.75) is 19.1 Å². The largest absolute Gasteiger partial charge is 0.390 e. The molecule has 0 aromatic carbocycles. The molecule has 1 aliphatic rings. The monoisotopic (exact) mass is 174 g/mol. The maximum Gasteiger partial charge on any atom is 0.0794 e. The SMILES string of the molecule is COCC(C)NCN1CC(O)C1. The van der Waals surface area contributed by atoms with Gasteiger partial charge in [0.2, 0.25) is 0 Å². The Morgan fingerprint density at radius 3 is 2.83 bits per heavy atom. The van der Waals surface area contributed by atoms with Gasteiger partial charge >= 0.3 is 0 Å². The average Bonchev–Trinajstić information content (AvgIpc) is 1.96. The molecule has 0 spiro atoms. The number of methoxy groups -OCH3 is 1. The van der Waals surface area contributed by atoms with Crippen LogP contribution in [0.5, 0.6) is 0 Å². The van der Waals surface area contributed by atoms with Crippen molar-refractivity contribution in [3.63, 3.8) is 0 Å². The summed E-state index contributed by atoms with van der Waals surface area (Å²) >= 11 is 0. The van der Waals surface area contributed by atoms with E-state index in [1.165, 1.54) is 0 Å². The number of rotatable bonds is 5. The summed E-state index contributed by atoms with van der Waals surface area (Å²) < 4.78 is 4.98. The van der Waals surface area contributed by atoms with Crippen molar-refractivity contribution < 1.29 is 9.84 Å². The van der Waals surface area contributed by atoms with Crippen LogP contribution in [0.4, 0.5) is 0 Å². The fraction of sp³-hybridized carbons (Fsp3) is 1.00. The summed E-state index contributed by atoms with van der Waals surface area (Å²) in [7, 11) is 1.70. The summed E-state index contributed by atoms with van der Waals surface area (Å²) in [5, 5.41) is 12.3. The minimum Gasteiger partial charge on any atom is -0.390 e. The molecule has 1 atom stereocenters. The van der Waals surface area contributed by atoms with Gasteiger partial charge in [0, 0.05) is 32.9 Å². The lowest BCUT2D eigenvalue weighted by Gasteiger charge is -2.36. The molecular weight excluding hydrogens is 156 g/mol. The highest BCUT2D eigenvalue weighted by Crippen LogP contribution is 2.04. The third-order valence-corrected chi connectivity index (χ3v) is 2.02. The summed E-state index contributed by atoms with van der Waals surface area (Å²) in [5.41, 5.74) is 0. The number of nitrogens with zero attached hydrogens (tertiary/aromatic N) is 1. The standard InChI is InChI=1S/C8H18N2O2/c1-7(5-12-2)9-6-10-3-8(11)4-10/h7-9,11H,3-6H2,1-2H3. The Labute approximate surface area is 73.5 Å². The molecule has 0 bridgehead atoms. The topological polar surface area (TPSA) is 44.7 Å². The Bertz CT molecular complexity index is 121. The zero-order valence-electron chi connectivity index (χ0n) is 7.79. The molecule has 1 fully saturated rings. The van der Waals surface area contributed by atoms with Crippen LogP contribution in [0.25, 0.3) is 0 Å². The highest BCUT2D eigenvalue weighted by molar-refractivity contribution is 4.78. The van der Waals surface area contributed by atoms with Crippen LogP contribution in [0.1, 0.15) is 6.92 Å². The maximum atomic E-state index is 8.99. The third-order valence-electron chi connectivity index (χ3n) is 2.02. The van der Waals surface area contributed by atoms with E-state index in [2.05, 4.69) is 17.1 Å². The normalized spacial score (nSPS) is 22.2. The number of ether oxygens (including phenoxy) is 1. The molecule has 12 heavy (non-hydrogen) atoms. The van der Waals surface area contributed by atoms with Crippen molar-refractivity contribution in [2.75, 3.05) is 33.5 Å². The molecular formula is C8H18N2O2. The van der Waals surface area contributed by atoms with Crippen molar-refractivity contribution in [2.24, 2.45) is 0 Å². The smallest absolute Gasteiger partial charge is 0.0794 e. The van der Waals surface area contributed by atoms with Crippen LogP contribution in [0, 0.1) is 0 Å². The molecule has 0 aromatic rings. The number of nitrogens with one attached hydrogen (secondary N) is 1. The Balaban J connectivity index is 1.95. The van der Waals surface area contributed by atoms with Gasteiger partial charge in [-0.1, -0.05) is 0 Å². The second-order valence-electron chi connectivity index (χ2n) is 3.41. The van der Waals surface area contributed by atoms with Crippen molar-refractivity contribution in [3.8, 4) is 0 Å². The molecule has 0 saturated carbocycles. The Hall–Kier alpha value is -0.160. The average molecular weight is 174 g/mol. The zero-order valence-corrected chi connectivity index (χ0v) is 7.79. The van der Waals surface area contributed by atoms with Crippen LogP contribution < -0.4 is 5.32 Å². The van der Waals surface area contributed by atoms with Crippen LogP contribution in [-0.4, -0.2) is 55.6 Å². The van der Waals surface area contributed by atoms with Gasteiger partial charge in [0.15, 0.2) is 0 Å². The summed E-state index contributed by atoms with van der Waals surface area (Å²) in [6.45, 7) is 5.26. The molecule has 2 N–H and O–H groups in total. The van der Waals surface area contributed by atoms with Gasteiger partial charge in [0.25, 0.3) is 0 Å². The van der Waals surface area contributed by atoms with E-state index in [0.717, 1.165) is 26.4 Å². The fourth-order valence-corrected chi connectivity index (χ4v) is 1.27.